The van der Waals surface area contributed by atoms with Gasteiger partial charge in [-0.15, -0.1) is 0 Å². The summed E-state index contributed by atoms with van der Waals surface area (Å²) in [6.45, 7) is -0.481. The van der Waals surface area contributed by atoms with E-state index in [1.165, 1.54) is 13.1 Å². The Balaban J connectivity index is 0.969. The number of alkyl halides is 18. The molecule has 0 fully saturated rings. The van der Waals surface area contributed by atoms with Gasteiger partial charge in [0.15, 0.2) is 0 Å². The minimum absolute atomic E-state index is 0.00713. The standard InChI is InChI=1S/C66H39F18N5O13/c1-85-35-19-28(57(101)102-18-4-3-17-90)20-36(27-35)87-51(95)38-12-6-30(22-42(38)54(87)98)59(63(73,74)75,64(76,77)78)32-8-14-40-44(24-32)56(100)89(53(40)97)46-26-34(10-16-48(46)92)60(65(79,80)81,66(82,83)84)33-9-15-47(91)45(25-33)88-52(96)39-13-7-31(23-43(39)55(88)99)58(61(67,68)69,62(70,71)72)29-5-11-37-41(21-29)50(94)86(2)49(37)93/h5-16,19-27,85,90-92H,3-4,17-18H2,1-2H3. The predicted octanol–water partition coefficient (Wildman–Crippen LogP) is 12.9. The number of halogens is 18. The van der Waals surface area contributed by atoms with Crippen molar-refractivity contribution in [3.8, 4) is 11.5 Å². The molecule has 0 saturated carbocycles. The molecule has 4 N–H and O–H groups in total. The number of rotatable bonds is 15. The summed E-state index contributed by atoms with van der Waals surface area (Å²) in [5, 5.41) is 33.8. The van der Waals surface area contributed by atoms with Crippen LogP contribution < -0.4 is 20.0 Å². The lowest BCUT2D eigenvalue weighted by Gasteiger charge is -2.39. The zero-order valence-corrected chi connectivity index (χ0v) is 51.0. The monoisotopic (exact) mass is 1450 g/mol. The molecule has 0 spiro atoms. The molecule has 7 aromatic rings. The summed E-state index contributed by atoms with van der Waals surface area (Å²) in [5.74, 6) is -17.7. The second kappa shape index (κ2) is 23.9. The number of hydrogen-bond acceptors (Lipinski definition) is 14. The number of phenols is 2. The second-order valence-corrected chi connectivity index (χ2v) is 23.3. The van der Waals surface area contributed by atoms with Crippen LogP contribution in [0.25, 0.3) is 0 Å². The normalized spacial score (nSPS) is 15.5. The van der Waals surface area contributed by atoms with Crippen molar-refractivity contribution < 1.29 is 142 Å². The number of esters is 1. The predicted molar refractivity (Wildman–Crippen MR) is 313 cm³/mol. The van der Waals surface area contributed by atoms with Gasteiger partial charge in [0, 0.05) is 26.4 Å². The lowest BCUT2D eigenvalue weighted by atomic mass is 9.71. The zero-order chi connectivity index (χ0) is 75.2. The molecule has 0 atom stereocenters. The minimum Gasteiger partial charge on any atom is -0.506 e. The Bertz CT molecular complexity index is 4800. The smallest absolute Gasteiger partial charge is 0.411 e. The van der Waals surface area contributed by atoms with Crippen molar-refractivity contribution in [3.63, 3.8) is 0 Å². The first kappa shape index (κ1) is 71.9. The highest BCUT2D eigenvalue weighted by atomic mass is 19.4. The number of aliphatic hydroxyl groups is 1. The minimum atomic E-state index is -6.85. The largest absolute Gasteiger partial charge is 0.506 e. The number of benzene rings is 7. The van der Waals surface area contributed by atoms with E-state index < -0.39 is 223 Å². The van der Waals surface area contributed by atoms with Crippen LogP contribution in [0.2, 0.25) is 0 Å². The van der Waals surface area contributed by atoms with Crippen LogP contribution in [0.1, 0.15) is 139 Å². The number of imide groups is 4. The average Bonchev–Trinajstić information content (AvgIpc) is 1.03. The third-order valence-electron chi connectivity index (χ3n) is 17.8. The van der Waals surface area contributed by atoms with Gasteiger partial charge in [-0.05, 0) is 137 Å². The number of phenolic OH excluding ortho intramolecular Hbond substituents is 2. The van der Waals surface area contributed by atoms with Gasteiger partial charge in [0.25, 0.3) is 47.3 Å². The fourth-order valence-electron chi connectivity index (χ4n) is 13.0. The van der Waals surface area contributed by atoms with Crippen molar-refractivity contribution >= 4 is 76.0 Å². The molecule has 11 rings (SSSR count). The summed E-state index contributed by atoms with van der Waals surface area (Å²) in [7, 11) is 2.17. The van der Waals surface area contributed by atoms with Crippen LogP contribution >= 0.6 is 0 Å². The highest BCUT2D eigenvalue weighted by molar-refractivity contribution is 6.37. The number of hydrogen-bond donors (Lipinski definition) is 4. The van der Waals surface area contributed by atoms with Gasteiger partial charge in [-0.25, -0.2) is 19.5 Å². The number of fused-ring (bicyclic) bond motifs is 4. The summed E-state index contributed by atoms with van der Waals surface area (Å²) in [4.78, 5) is 123. The first-order chi connectivity index (χ1) is 47.3. The Morgan fingerprint density at radius 2 is 0.676 bits per heavy atom. The Hall–Kier alpha value is -11.3. The molecule has 36 heteroatoms. The van der Waals surface area contributed by atoms with Crippen LogP contribution in [0.4, 0.5) is 102 Å². The summed E-state index contributed by atoms with van der Waals surface area (Å²) in [6.07, 6.45) is -39.6. The zero-order valence-electron chi connectivity index (χ0n) is 51.0. The third-order valence-corrected chi connectivity index (χ3v) is 17.8. The SMILES string of the molecule is CNc1cc(C(=O)OCCCCO)cc(N2C(=O)c3ccc(C(c4ccc5c(c4)C(=O)N(c4cc(C(c6ccc(O)c(N7C(=O)c8ccc(C(c9ccc%10c(c9)C(=O)N(C)C%10=O)(C(F)(F)F)C(F)(F)F)cc8C7=O)c6)(C(F)(F)F)C(F)(F)F)ccc4O)C5=O)(C(F)(F)F)C(F)(F)F)cc3C2=O)c1. The second-order valence-electron chi connectivity index (χ2n) is 23.3. The maximum Gasteiger partial charge on any atom is 0.411 e. The van der Waals surface area contributed by atoms with E-state index in [4.69, 9.17) is 9.84 Å². The van der Waals surface area contributed by atoms with Crippen LogP contribution in [-0.2, 0) is 21.0 Å². The van der Waals surface area contributed by atoms with Gasteiger partial charge in [0.1, 0.15) is 11.5 Å². The van der Waals surface area contributed by atoms with E-state index >= 15 is 79.0 Å². The molecule has 4 aliphatic rings. The third kappa shape index (κ3) is 10.3. The quantitative estimate of drug-likeness (QED) is 0.0323. The van der Waals surface area contributed by atoms with E-state index in [1.807, 2.05) is 0 Å². The molecule has 0 saturated heterocycles. The molecule has 4 heterocycles. The number of amides is 8. The molecule has 7 aromatic carbocycles. The van der Waals surface area contributed by atoms with Crippen LogP contribution in [0.5, 0.6) is 11.5 Å². The number of nitrogens with one attached hydrogen (secondary N) is 1. The maximum absolute atomic E-state index is 16.0. The topological polar surface area (TPSA) is 249 Å². The first-order valence-electron chi connectivity index (χ1n) is 29.1. The van der Waals surface area contributed by atoms with Crippen molar-refractivity contribution in [2.24, 2.45) is 0 Å². The number of carbonyl (C=O) groups excluding carboxylic acids is 9. The number of carbonyl (C=O) groups is 9. The van der Waals surface area contributed by atoms with Crippen molar-refractivity contribution in [1.82, 2.24) is 4.90 Å². The van der Waals surface area contributed by atoms with E-state index in [1.54, 1.807) is 0 Å². The van der Waals surface area contributed by atoms with Crippen molar-refractivity contribution in [2.75, 3.05) is 47.3 Å². The maximum atomic E-state index is 16.0. The Kier molecular flexibility index (Phi) is 16.9. The van der Waals surface area contributed by atoms with E-state index in [9.17, 15) is 53.4 Å². The summed E-state index contributed by atoms with van der Waals surface area (Å²) in [6, 6.07) is 3.49. The molecule has 532 valence electrons. The van der Waals surface area contributed by atoms with Gasteiger partial charge in [0.2, 0.25) is 16.2 Å². The molecule has 0 unspecified atom stereocenters. The van der Waals surface area contributed by atoms with Crippen molar-refractivity contribution in [1.29, 1.82) is 0 Å². The lowest BCUT2D eigenvalue weighted by Crippen LogP contribution is -2.55. The summed E-state index contributed by atoms with van der Waals surface area (Å²) in [5.41, 5.74) is -41.4. The van der Waals surface area contributed by atoms with Gasteiger partial charge in [0.05, 0.1) is 73.7 Å². The van der Waals surface area contributed by atoms with Crippen LogP contribution in [0.3, 0.4) is 0 Å². The van der Waals surface area contributed by atoms with Crippen LogP contribution in [0, 0.1) is 0 Å². The fraction of sp³-hybridized carbons (Fsp3) is 0.227. The van der Waals surface area contributed by atoms with E-state index in [0.29, 0.717) is 21.9 Å². The lowest BCUT2D eigenvalue weighted by molar-refractivity contribution is -0.290. The summed E-state index contributed by atoms with van der Waals surface area (Å²) >= 11 is 0. The number of ether oxygens (including phenoxy) is 1. The molecule has 102 heavy (non-hydrogen) atoms. The molecule has 0 bridgehead atoms. The number of aliphatic hydroxyl groups excluding tert-OH is 1. The number of nitrogens with zero attached hydrogens (tertiary/aromatic N) is 4. The molecule has 4 aliphatic heterocycles. The summed E-state index contributed by atoms with van der Waals surface area (Å²) < 4.78 is 289. The highest BCUT2D eigenvalue weighted by Crippen LogP contribution is 2.62. The first-order valence-corrected chi connectivity index (χ1v) is 29.1. The molecule has 0 aliphatic carbocycles. The van der Waals surface area contributed by atoms with Gasteiger partial charge in [-0.3, -0.25) is 43.3 Å². The number of aromatic hydroxyl groups is 2. The van der Waals surface area contributed by atoms with Crippen molar-refractivity contribution in [2.45, 2.75) is 66.1 Å². The molecule has 0 aromatic heterocycles. The Morgan fingerprint density at radius 3 is 1.02 bits per heavy atom. The fourth-order valence-corrected chi connectivity index (χ4v) is 13.0. The Labute approximate surface area is 557 Å². The van der Waals surface area contributed by atoms with Gasteiger partial charge >= 0.3 is 43.0 Å². The molecule has 8 amide bonds. The highest BCUT2D eigenvalue weighted by Gasteiger charge is 2.76. The van der Waals surface area contributed by atoms with Gasteiger partial charge in [-0.2, -0.15) is 79.0 Å². The number of anilines is 4. The van der Waals surface area contributed by atoms with Crippen LogP contribution in [0.15, 0.2) is 127 Å². The van der Waals surface area contributed by atoms with Crippen LogP contribution in [-0.4, -0.2) is 138 Å². The molecular weight excluding hydrogens is 1410 g/mol. The number of unbranched alkanes of at least 4 members (excludes halogenated alkanes) is 1. The van der Waals surface area contributed by atoms with Crippen molar-refractivity contribution in [3.05, 3.63) is 211 Å². The Morgan fingerprint density at radius 1 is 0.382 bits per heavy atom. The molecular formula is C66H39F18N5O13. The molecule has 0 radical (unpaired) electrons. The average molecular weight is 1450 g/mol. The van der Waals surface area contributed by atoms with Gasteiger partial charge in [-0.1, -0.05) is 36.4 Å². The van der Waals surface area contributed by atoms with E-state index in [0.717, 1.165) is 19.2 Å². The van der Waals surface area contributed by atoms with E-state index in [2.05, 4.69) is 5.32 Å². The van der Waals surface area contributed by atoms with Gasteiger partial charge < -0.3 is 25.4 Å². The van der Waals surface area contributed by atoms with E-state index in [-0.39, 0.29) is 134 Å². The molecule has 18 nitrogen and oxygen atoms in total.